The number of nitrogens with zero attached hydrogens (tertiary/aromatic N) is 2. The van der Waals surface area contributed by atoms with Gasteiger partial charge in [0.25, 0.3) is 5.91 Å². The van der Waals surface area contributed by atoms with Crippen molar-refractivity contribution in [3.8, 4) is 0 Å². The van der Waals surface area contributed by atoms with Crippen LogP contribution in [-0.2, 0) is 6.54 Å². The number of hydrogen-bond acceptors (Lipinski definition) is 3. The maximum atomic E-state index is 12.4. The molecule has 0 unspecified atom stereocenters. The third kappa shape index (κ3) is 2.59. The van der Waals surface area contributed by atoms with Gasteiger partial charge in [-0.25, -0.2) is 4.98 Å². The van der Waals surface area contributed by atoms with Gasteiger partial charge in [-0.15, -0.1) is 0 Å². The van der Waals surface area contributed by atoms with E-state index in [9.17, 15) is 4.79 Å². The minimum atomic E-state index is -0.234. The Labute approximate surface area is 146 Å². The molecule has 0 atom stereocenters. The second kappa shape index (κ2) is 5.79. The highest BCUT2D eigenvalue weighted by atomic mass is 79.9. The van der Waals surface area contributed by atoms with Crippen LogP contribution in [0.4, 0.5) is 0 Å². The van der Waals surface area contributed by atoms with Gasteiger partial charge in [0.05, 0.1) is 12.2 Å². The van der Waals surface area contributed by atoms with Crippen LogP contribution in [0.15, 0.2) is 57.7 Å². The molecule has 0 aliphatic carbocycles. The number of hydrogen-bond donors (Lipinski definition) is 1. The van der Waals surface area contributed by atoms with Gasteiger partial charge in [0.1, 0.15) is 11.2 Å². The van der Waals surface area contributed by atoms with Crippen LogP contribution in [-0.4, -0.2) is 15.3 Å². The molecule has 0 aliphatic rings. The molecule has 0 saturated carbocycles. The van der Waals surface area contributed by atoms with E-state index in [0.717, 1.165) is 32.3 Å². The van der Waals surface area contributed by atoms with Gasteiger partial charge in [-0.2, -0.15) is 0 Å². The lowest BCUT2D eigenvalue weighted by Gasteiger charge is -2.01. The number of aromatic nitrogens is 2. The number of imidazole rings is 1. The summed E-state index contributed by atoms with van der Waals surface area (Å²) in [6.45, 7) is 2.23. The van der Waals surface area contributed by atoms with Crippen molar-refractivity contribution in [2.24, 2.45) is 0 Å². The lowest BCUT2D eigenvalue weighted by molar-refractivity contribution is 0.0924. The van der Waals surface area contributed by atoms with Crippen molar-refractivity contribution in [3.63, 3.8) is 0 Å². The topological polar surface area (TPSA) is 59.5 Å². The lowest BCUT2D eigenvalue weighted by atomic mass is 10.1. The highest BCUT2D eigenvalue weighted by Gasteiger charge is 2.17. The van der Waals surface area contributed by atoms with Crippen molar-refractivity contribution in [1.82, 2.24) is 14.7 Å². The number of rotatable bonds is 3. The third-order valence-electron chi connectivity index (χ3n) is 3.94. The Hall–Kier alpha value is -2.60. The van der Waals surface area contributed by atoms with E-state index in [4.69, 9.17) is 4.42 Å². The van der Waals surface area contributed by atoms with Crippen molar-refractivity contribution in [2.75, 3.05) is 0 Å². The lowest BCUT2D eigenvalue weighted by Crippen LogP contribution is -2.23. The van der Waals surface area contributed by atoms with Gasteiger partial charge in [-0.05, 0) is 41.1 Å². The predicted octanol–water partition coefficient (Wildman–Crippen LogP) is 4.08. The summed E-state index contributed by atoms with van der Waals surface area (Å²) in [6.07, 6.45) is 3.82. The molecule has 6 heteroatoms. The molecule has 0 fully saturated rings. The van der Waals surface area contributed by atoms with Gasteiger partial charge in [-0.1, -0.05) is 18.2 Å². The van der Waals surface area contributed by atoms with Crippen molar-refractivity contribution >= 4 is 38.5 Å². The second-order valence-corrected chi connectivity index (χ2v) is 6.50. The van der Waals surface area contributed by atoms with Crippen LogP contribution in [0.3, 0.4) is 0 Å². The smallest absolute Gasteiger partial charge is 0.287 e. The minimum absolute atomic E-state index is 0.234. The second-order valence-electron chi connectivity index (χ2n) is 5.58. The number of furan rings is 1. The summed E-state index contributed by atoms with van der Waals surface area (Å²) in [5, 5.41) is 3.83. The van der Waals surface area contributed by atoms with Crippen molar-refractivity contribution < 1.29 is 9.21 Å². The van der Waals surface area contributed by atoms with Crippen LogP contribution in [0, 0.1) is 6.92 Å². The average Bonchev–Trinajstić information content (AvgIpc) is 3.13. The summed E-state index contributed by atoms with van der Waals surface area (Å²) in [6, 6.07) is 11.5. The number of fused-ring (bicyclic) bond motifs is 2. The Bertz CT molecular complexity index is 1060. The van der Waals surface area contributed by atoms with E-state index < -0.39 is 0 Å². The Morgan fingerprint density at radius 1 is 1.25 bits per heavy atom. The highest BCUT2D eigenvalue weighted by molar-refractivity contribution is 9.10. The van der Waals surface area contributed by atoms with E-state index in [1.807, 2.05) is 60.1 Å². The molecule has 120 valence electrons. The van der Waals surface area contributed by atoms with Crippen molar-refractivity contribution in [1.29, 1.82) is 0 Å². The number of amides is 1. The Morgan fingerprint density at radius 3 is 2.92 bits per heavy atom. The van der Waals surface area contributed by atoms with E-state index in [1.165, 1.54) is 0 Å². The molecule has 1 aromatic carbocycles. The molecule has 4 aromatic rings. The van der Waals surface area contributed by atoms with Crippen LogP contribution < -0.4 is 5.32 Å². The molecule has 24 heavy (non-hydrogen) atoms. The SMILES string of the molecule is Cc1c(C(=O)NCc2cn3cc(Br)ccc3n2)oc2ccccc12. The number of pyridine rings is 1. The van der Waals surface area contributed by atoms with Crippen LogP contribution in [0.5, 0.6) is 0 Å². The first kappa shape index (κ1) is 15.0. The predicted molar refractivity (Wildman–Crippen MR) is 95.0 cm³/mol. The fourth-order valence-electron chi connectivity index (χ4n) is 2.74. The molecule has 0 aliphatic heterocycles. The first-order chi connectivity index (χ1) is 11.6. The summed E-state index contributed by atoms with van der Waals surface area (Å²) >= 11 is 3.43. The molecule has 0 saturated heterocycles. The first-order valence-corrected chi connectivity index (χ1v) is 8.30. The molecular formula is C18H14BrN3O2. The average molecular weight is 384 g/mol. The van der Waals surface area contributed by atoms with Gasteiger partial charge in [0.2, 0.25) is 0 Å². The maximum Gasteiger partial charge on any atom is 0.287 e. The Kier molecular flexibility index (Phi) is 3.61. The zero-order valence-electron chi connectivity index (χ0n) is 12.9. The molecule has 5 nitrogen and oxygen atoms in total. The molecule has 3 aromatic heterocycles. The van der Waals surface area contributed by atoms with E-state index in [0.29, 0.717) is 12.3 Å². The van der Waals surface area contributed by atoms with Crippen LogP contribution >= 0.6 is 15.9 Å². The molecule has 1 N–H and O–H groups in total. The van der Waals surface area contributed by atoms with Gasteiger partial charge < -0.3 is 14.1 Å². The van der Waals surface area contributed by atoms with Gasteiger partial charge in [-0.3, -0.25) is 4.79 Å². The molecule has 4 rings (SSSR count). The molecule has 0 spiro atoms. The summed E-state index contributed by atoms with van der Waals surface area (Å²) in [5.41, 5.74) is 3.19. The molecular weight excluding hydrogens is 370 g/mol. The highest BCUT2D eigenvalue weighted by Crippen LogP contribution is 2.24. The fourth-order valence-corrected chi connectivity index (χ4v) is 3.10. The third-order valence-corrected chi connectivity index (χ3v) is 4.41. The van der Waals surface area contributed by atoms with E-state index >= 15 is 0 Å². The zero-order chi connectivity index (χ0) is 16.7. The summed E-state index contributed by atoms with van der Waals surface area (Å²) in [7, 11) is 0. The quantitative estimate of drug-likeness (QED) is 0.579. The van der Waals surface area contributed by atoms with Crippen LogP contribution in [0.25, 0.3) is 16.6 Å². The van der Waals surface area contributed by atoms with Crippen LogP contribution in [0.2, 0.25) is 0 Å². The number of para-hydroxylation sites is 1. The van der Waals surface area contributed by atoms with Crippen LogP contribution in [0.1, 0.15) is 21.8 Å². The number of carbonyl (C=O) groups excluding carboxylic acids is 1. The maximum absolute atomic E-state index is 12.4. The van der Waals surface area contributed by atoms with Gasteiger partial charge in [0, 0.05) is 27.8 Å². The minimum Gasteiger partial charge on any atom is -0.451 e. The van der Waals surface area contributed by atoms with Gasteiger partial charge >= 0.3 is 0 Å². The summed E-state index contributed by atoms with van der Waals surface area (Å²) in [4.78, 5) is 16.9. The standard InChI is InChI=1S/C18H14BrN3O2/c1-11-14-4-2-3-5-15(14)24-17(11)18(23)20-8-13-10-22-9-12(19)6-7-16(22)21-13/h2-7,9-10H,8H2,1H3,(H,20,23). The monoisotopic (exact) mass is 383 g/mol. The number of carbonyl (C=O) groups is 1. The Balaban J connectivity index is 1.55. The fraction of sp³-hybridized carbons (Fsp3) is 0.111. The van der Waals surface area contributed by atoms with E-state index in [1.54, 1.807) is 0 Å². The number of nitrogens with one attached hydrogen (secondary N) is 1. The molecule has 0 bridgehead atoms. The first-order valence-electron chi connectivity index (χ1n) is 7.51. The molecule has 1 amide bonds. The summed E-state index contributed by atoms with van der Waals surface area (Å²) in [5.74, 6) is 0.115. The summed E-state index contributed by atoms with van der Waals surface area (Å²) < 4.78 is 8.57. The number of halogens is 1. The number of benzene rings is 1. The van der Waals surface area contributed by atoms with E-state index in [-0.39, 0.29) is 5.91 Å². The molecule has 0 radical (unpaired) electrons. The largest absolute Gasteiger partial charge is 0.451 e. The Morgan fingerprint density at radius 2 is 2.08 bits per heavy atom. The molecule has 3 heterocycles. The van der Waals surface area contributed by atoms with Crippen molar-refractivity contribution in [3.05, 3.63) is 70.3 Å². The van der Waals surface area contributed by atoms with E-state index in [2.05, 4.69) is 26.2 Å². The van der Waals surface area contributed by atoms with Crippen molar-refractivity contribution in [2.45, 2.75) is 13.5 Å². The normalized spacial score (nSPS) is 11.2. The number of aryl methyl sites for hydroxylation is 1. The van der Waals surface area contributed by atoms with Gasteiger partial charge in [0.15, 0.2) is 5.76 Å². The zero-order valence-corrected chi connectivity index (χ0v) is 14.5.